The summed E-state index contributed by atoms with van der Waals surface area (Å²) in [5, 5.41) is 4.88. The van der Waals surface area contributed by atoms with Gasteiger partial charge < -0.3 is 9.47 Å². The second-order valence-electron chi connectivity index (χ2n) is 8.71. The fourth-order valence-corrected chi connectivity index (χ4v) is 5.07. The van der Waals surface area contributed by atoms with E-state index in [0.29, 0.717) is 24.7 Å². The zero-order valence-corrected chi connectivity index (χ0v) is 19.6. The van der Waals surface area contributed by atoms with Gasteiger partial charge in [-0.1, -0.05) is 48.2 Å². The Bertz CT molecular complexity index is 803. The van der Waals surface area contributed by atoms with E-state index in [2.05, 4.69) is 41.1 Å². The maximum Gasteiger partial charge on any atom is 0.153 e. The van der Waals surface area contributed by atoms with E-state index in [1.807, 2.05) is 10.7 Å². The molecule has 0 radical (unpaired) electrons. The molecule has 164 valence electrons. The van der Waals surface area contributed by atoms with Gasteiger partial charge >= 0.3 is 0 Å². The largest absolute Gasteiger partial charge is 0.378 e. The van der Waals surface area contributed by atoms with Gasteiger partial charge in [0.15, 0.2) is 5.82 Å². The molecule has 2 fully saturated rings. The predicted octanol–water partition coefficient (Wildman–Crippen LogP) is 5.67. The van der Waals surface area contributed by atoms with Crippen molar-refractivity contribution in [3.05, 3.63) is 40.4 Å². The molecule has 1 aliphatic carbocycles. The Morgan fingerprint density at radius 3 is 2.87 bits per heavy atom. The summed E-state index contributed by atoms with van der Waals surface area (Å²) >= 11 is 3.59. The van der Waals surface area contributed by atoms with Gasteiger partial charge in [0.2, 0.25) is 0 Å². The number of aromatic nitrogens is 3. The van der Waals surface area contributed by atoms with E-state index < -0.39 is 0 Å². The molecule has 1 saturated carbocycles. The molecule has 2 heterocycles. The van der Waals surface area contributed by atoms with Gasteiger partial charge in [-0.25, -0.2) is 9.67 Å². The summed E-state index contributed by atoms with van der Waals surface area (Å²) in [6.45, 7) is 3.78. The molecule has 0 bridgehead atoms. The summed E-state index contributed by atoms with van der Waals surface area (Å²) in [6, 6.07) is 8.31. The fourth-order valence-electron chi connectivity index (χ4n) is 4.68. The number of nitrogens with zero attached hydrogens (tertiary/aromatic N) is 3. The third-order valence-corrected chi connectivity index (χ3v) is 6.90. The lowest BCUT2D eigenvalue weighted by Crippen LogP contribution is -2.27. The Labute approximate surface area is 188 Å². The molecule has 1 aromatic heterocycles. The van der Waals surface area contributed by atoms with E-state index in [1.54, 1.807) is 0 Å². The highest BCUT2D eigenvalue weighted by Gasteiger charge is 2.24. The van der Waals surface area contributed by atoms with Crippen LogP contribution in [0.1, 0.15) is 69.9 Å². The lowest BCUT2D eigenvalue weighted by molar-refractivity contribution is -0.0106. The summed E-state index contributed by atoms with van der Waals surface area (Å²) < 4.78 is 15.1. The van der Waals surface area contributed by atoms with Crippen LogP contribution in [-0.2, 0) is 22.3 Å². The minimum Gasteiger partial charge on any atom is -0.378 e. The van der Waals surface area contributed by atoms with E-state index in [9.17, 15) is 0 Å². The van der Waals surface area contributed by atoms with Crippen molar-refractivity contribution in [2.45, 2.75) is 83.3 Å². The van der Waals surface area contributed by atoms with Gasteiger partial charge in [0.1, 0.15) is 5.82 Å². The number of halogens is 1. The Balaban J connectivity index is 1.46. The summed E-state index contributed by atoms with van der Waals surface area (Å²) in [5.41, 5.74) is 1.06. The van der Waals surface area contributed by atoms with Gasteiger partial charge in [-0.05, 0) is 56.2 Å². The molecule has 0 amide bonds. The molecule has 5 nitrogen and oxygen atoms in total. The molecule has 2 unspecified atom stereocenters. The van der Waals surface area contributed by atoms with E-state index in [0.717, 1.165) is 60.5 Å². The molecule has 2 aliphatic rings. The van der Waals surface area contributed by atoms with Crippen molar-refractivity contribution in [2.24, 2.45) is 5.92 Å². The third-order valence-electron chi connectivity index (χ3n) is 6.40. The summed E-state index contributed by atoms with van der Waals surface area (Å²) in [7, 11) is 0. The lowest BCUT2D eigenvalue weighted by Gasteiger charge is -2.28. The van der Waals surface area contributed by atoms with Crippen molar-refractivity contribution in [2.75, 3.05) is 13.2 Å². The van der Waals surface area contributed by atoms with Crippen molar-refractivity contribution in [1.29, 1.82) is 0 Å². The van der Waals surface area contributed by atoms with Gasteiger partial charge in [0, 0.05) is 23.9 Å². The first-order chi connectivity index (χ1) is 14.7. The minimum atomic E-state index is 0.384. The van der Waals surface area contributed by atoms with E-state index >= 15 is 0 Å². The minimum absolute atomic E-state index is 0.384. The maximum atomic E-state index is 6.13. The van der Waals surface area contributed by atoms with Crippen molar-refractivity contribution < 1.29 is 9.47 Å². The molecule has 1 aliphatic heterocycles. The highest BCUT2D eigenvalue weighted by atomic mass is 79.9. The highest BCUT2D eigenvalue weighted by Crippen LogP contribution is 2.26. The monoisotopic (exact) mass is 475 g/mol. The summed E-state index contributed by atoms with van der Waals surface area (Å²) in [6.07, 6.45) is 12.2. The highest BCUT2D eigenvalue weighted by molar-refractivity contribution is 9.10. The molecule has 30 heavy (non-hydrogen) atoms. The molecule has 2 atom stereocenters. The zero-order chi connectivity index (χ0) is 20.8. The van der Waals surface area contributed by atoms with Crippen molar-refractivity contribution >= 4 is 15.9 Å². The quantitative estimate of drug-likeness (QED) is 0.493. The standard InChI is InChI=1S/C24H34BrN3O2/c1-2-21-15-18(11-13-29-21)16-24-26-23(12-14-30-22-9-4-3-5-10-22)27-28(24)20-8-6-7-19(25)17-20/h6-8,17-18,21-22H,2-5,9-16H2,1H3. The van der Waals surface area contributed by atoms with Gasteiger partial charge in [0.05, 0.1) is 24.5 Å². The second kappa shape index (κ2) is 10.9. The molecular formula is C24H34BrN3O2. The Hall–Kier alpha value is -1.24. The van der Waals surface area contributed by atoms with Gasteiger partial charge in [-0.15, -0.1) is 0 Å². The molecule has 0 spiro atoms. The smallest absolute Gasteiger partial charge is 0.153 e. The van der Waals surface area contributed by atoms with Crippen LogP contribution in [0.2, 0.25) is 0 Å². The summed E-state index contributed by atoms with van der Waals surface area (Å²) in [4.78, 5) is 4.96. The molecule has 1 saturated heterocycles. The topological polar surface area (TPSA) is 49.2 Å². The van der Waals surface area contributed by atoms with Crippen LogP contribution in [0.4, 0.5) is 0 Å². The van der Waals surface area contributed by atoms with Crippen molar-refractivity contribution in [3.63, 3.8) is 0 Å². The van der Waals surface area contributed by atoms with Gasteiger partial charge in [-0.3, -0.25) is 0 Å². The molecule has 6 heteroatoms. The van der Waals surface area contributed by atoms with Crippen LogP contribution in [0, 0.1) is 5.92 Å². The van der Waals surface area contributed by atoms with E-state index in [4.69, 9.17) is 19.6 Å². The lowest BCUT2D eigenvalue weighted by atomic mass is 9.91. The normalized spacial score (nSPS) is 23.0. The van der Waals surface area contributed by atoms with Crippen LogP contribution >= 0.6 is 15.9 Å². The first kappa shape index (κ1) is 22.0. The molecule has 0 N–H and O–H groups in total. The molecule has 4 rings (SSSR count). The van der Waals surface area contributed by atoms with Crippen LogP contribution in [0.25, 0.3) is 5.69 Å². The van der Waals surface area contributed by atoms with Crippen LogP contribution in [0.3, 0.4) is 0 Å². The maximum absolute atomic E-state index is 6.13. The average molecular weight is 476 g/mol. The number of rotatable bonds is 8. The zero-order valence-electron chi connectivity index (χ0n) is 18.1. The molecule has 2 aromatic rings. The molecular weight excluding hydrogens is 442 g/mol. The van der Waals surface area contributed by atoms with Crippen LogP contribution in [0.15, 0.2) is 28.7 Å². The first-order valence-electron chi connectivity index (χ1n) is 11.6. The Morgan fingerprint density at radius 1 is 1.20 bits per heavy atom. The fraction of sp³-hybridized carbons (Fsp3) is 0.667. The van der Waals surface area contributed by atoms with Crippen LogP contribution < -0.4 is 0 Å². The Kier molecular flexibility index (Phi) is 7.96. The number of hydrogen-bond acceptors (Lipinski definition) is 4. The number of hydrogen-bond donors (Lipinski definition) is 0. The third kappa shape index (κ3) is 5.92. The molecule has 1 aromatic carbocycles. The van der Waals surface area contributed by atoms with Crippen LogP contribution in [0.5, 0.6) is 0 Å². The predicted molar refractivity (Wildman–Crippen MR) is 122 cm³/mol. The van der Waals surface area contributed by atoms with Crippen molar-refractivity contribution in [3.8, 4) is 5.69 Å². The van der Waals surface area contributed by atoms with Gasteiger partial charge in [0.25, 0.3) is 0 Å². The first-order valence-corrected chi connectivity index (χ1v) is 12.4. The number of ether oxygens (including phenoxy) is 2. The Morgan fingerprint density at radius 2 is 2.07 bits per heavy atom. The summed E-state index contributed by atoms with van der Waals surface area (Å²) in [5.74, 6) is 2.55. The van der Waals surface area contributed by atoms with Crippen molar-refractivity contribution in [1.82, 2.24) is 14.8 Å². The van der Waals surface area contributed by atoms with Crippen LogP contribution in [-0.4, -0.2) is 40.2 Å². The van der Waals surface area contributed by atoms with E-state index in [-0.39, 0.29) is 0 Å². The SMILES string of the molecule is CCC1CC(Cc2nc(CCOC3CCCCC3)nn2-c2cccc(Br)c2)CCO1. The van der Waals surface area contributed by atoms with Gasteiger partial charge in [-0.2, -0.15) is 5.10 Å². The van der Waals surface area contributed by atoms with E-state index in [1.165, 1.54) is 32.1 Å². The number of benzene rings is 1. The average Bonchev–Trinajstić information content (AvgIpc) is 3.17. The second-order valence-corrected chi connectivity index (χ2v) is 9.63.